The first-order valence-corrected chi connectivity index (χ1v) is 8.41. The Labute approximate surface area is 147 Å². The van der Waals surface area contributed by atoms with Crippen molar-refractivity contribution in [2.75, 3.05) is 0 Å². The van der Waals surface area contributed by atoms with Crippen molar-refractivity contribution in [1.82, 2.24) is 15.5 Å². The number of rotatable bonds is 7. The third kappa shape index (κ3) is 5.01. The molecule has 1 heterocycles. The van der Waals surface area contributed by atoms with Gasteiger partial charge in [0.05, 0.1) is 0 Å². The van der Waals surface area contributed by atoms with Crippen molar-refractivity contribution in [3.05, 3.63) is 71.6 Å². The second-order valence-corrected chi connectivity index (χ2v) is 5.99. The van der Waals surface area contributed by atoms with Crippen LogP contribution in [0.4, 0.5) is 0 Å². The number of nitrogens with zero attached hydrogens (tertiary/aromatic N) is 2. The molecule has 1 aromatic heterocycles. The van der Waals surface area contributed by atoms with Crippen LogP contribution in [0.1, 0.15) is 29.9 Å². The van der Waals surface area contributed by atoms with Crippen LogP contribution in [-0.4, -0.2) is 16.0 Å². The zero-order valence-corrected chi connectivity index (χ0v) is 14.2. The fourth-order valence-electron chi connectivity index (χ4n) is 2.46. The summed E-state index contributed by atoms with van der Waals surface area (Å²) < 4.78 is 5.27. The molecule has 1 N–H and O–H groups in total. The van der Waals surface area contributed by atoms with Gasteiger partial charge in [0.15, 0.2) is 0 Å². The minimum atomic E-state index is 0.0297. The Morgan fingerprint density at radius 3 is 2.60 bits per heavy atom. The summed E-state index contributed by atoms with van der Waals surface area (Å²) in [4.78, 5) is 16.3. The SMILES string of the molecule is Cc1ccc(-c2noc(CCCC(=O)NCc3ccccc3)n2)cc1. The lowest BCUT2D eigenvalue weighted by Gasteiger charge is -2.04. The smallest absolute Gasteiger partial charge is 0.226 e. The van der Waals surface area contributed by atoms with Gasteiger partial charge >= 0.3 is 0 Å². The molecule has 1 amide bonds. The molecule has 25 heavy (non-hydrogen) atoms. The van der Waals surface area contributed by atoms with Gasteiger partial charge in [0.1, 0.15) is 0 Å². The minimum absolute atomic E-state index is 0.0297. The van der Waals surface area contributed by atoms with E-state index in [1.165, 1.54) is 5.56 Å². The molecule has 128 valence electrons. The van der Waals surface area contributed by atoms with Crippen molar-refractivity contribution in [3.8, 4) is 11.4 Å². The van der Waals surface area contributed by atoms with Crippen LogP contribution < -0.4 is 5.32 Å². The summed E-state index contributed by atoms with van der Waals surface area (Å²) in [7, 11) is 0. The molecule has 0 saturated heterocycles. The minimum Gasteiger partial charge on any atom is -0.352 e. The molecule has 5 heteroatoms. The van der Waals surface area contributed by atoms with Crippen LogP contribution in [0.3, 0.4) is 0 Å². The molecular weight excluding hydrogens is 314 g/mol. The van der Waals surface area contributed by atoms with Gasteiger partial charge in [-0.3, -0.25) is 4.79 Å². The van der Waals surface area contributed by atoms with Gasteiger partial charge in [-0.05, 0) is 18.9 Å². The third-order valence-corrected chi connectivity index (χ3v) is 3.90. The van der Waals surface area contributed by atoms with E-state index in [0.717, 1.165) is 11.1 Å². The van der Waals surface area contributed by atoms with Gasteiger partial charge in [-0.1, -0.05) is 65.3 Å². The molecule has 0 spiro atoms. The van der Waals surface area contributed by atoms with Crippen LogP contribution in [0.2, 0.25) is 0 Å². The molecule has 0 aliphatic heterocycles. The molecule has 2 aromatic carbocycles. The fourth-order valence-corrected chi connectivity index (χ4v) is 2.46. The maximum Gasteiger partial charge on any atom is 0.226 e. The highest BCUT2D eigenvalue weighted by atomic mass is 16.5. The van der Waals surface area contributed by atoms with Crippen molar-refractivity contribution in [2.45, 2.75) is 32.7 Å². The maximum absolute atomic E-state index is 11.9. The lowest BCUT2D eigenvalue weighted by molar-refractivity contribution is -0.121. The number of benzene rings is 2. The molecule has 0 unspecified atom stereocenters. The molecule has 0 fully saturated rings. The normalized spacial score (nSPS) is 10.6. The van der Waals surface area contributed by atoms with Gasteiger partial charge in [0, 0.05) is 24.9 Å². The molecule has 0 aliphatic carbocycles. The highest BCUT2D eigenvalue weighted by Crippen LogP contribution is 2.17. The number of hydrogen-bond donors (Lipinski definition) is 1. The second kappa shape index (κ2) is 8.24. The van der Waals surface area contributed by atoms with E-state index in [1.807, 2.05) is 61.5 Å². The maximum atomic E-state index is 11.9. The van der Waals surface area contributed by atoms with Crippen LogP contribution in [0, 0.1) is 6.92 Å². The number of amides is 1. The zero-order valence-electron chi connectivity index (χ0n) is 14.2. The Balaban J connectivity index is 1.43. The van der Waals surface area contributed by atoms with E-state index in [1.54, 1.807) is 0 Å². The van der Waals surface area contributed by atoms with Gasteiger partial charge in [-0.15, -0.1) is 0 Å². The molecule has 5 nitrogen and oxygen atoms in total. The Morgan fingerprint density at radius 2 is 1.84 bits per heavy atom. The van der Waals surface area contributed by atoms with Crippen LogP contribution in [0.5, 0.6) is 0 Å². The van der Waals surface area contributed by atoms with E-state index in [0.29, 0.717) is 37.5 Å². The molecule has 0 bridgehead atoms. The number of carbonyl (C=O) groups excluding carboxylic acids is 1. The van der Waals surface area contributed by atoms with Crippen molar-refractivity contribution < 1.29 is 9.32 Å². The third-order valence-electron chi connectivity index (χ3n) is 3.90. The van der Waals surface area contributed by atoms with Crippen molar-refractivity contribution in [1.29, 1.82) is 0 Å². The highest BCUT2D eigenvalue weighted by Gasteiger charge is 2.09. The number of hydrogen-bond acceptors (Lipinski definition) is 4. The largest absolute Gasteiger partial charge is 0.352 e. The molecule has 3 aromatic rings. The van der Waals surface area contributed by atoms with E-state index < -0.39 is 0 Å². The molecule has 3 rings (SSSR count). The summed E-state index contributed by atoms with van der Waals surface area (Å²) in [5, 5.41) is 6.92. The van der Waals surface area contributed by atoms with E-state index in [2.05, 4.69) is 15.5 Å². The molecule has 0 radical (unpaired) electrons. The number of carbonyl (C=O) groups is 1. The second-order valence-electron chi connectivity index (χ2n) is 5.99. The average Bonchev–Trinajstić information content (AvgIpc) is 3.10. The first-order chi connectivity index (χ1) is 12.2. The van der Waals surface area contributed by atoms with Gasteiger partial charge in [-0.2, -0.15) is 4.98 Å². The van der Waals surface area contributed by atoms with Crippen LogP contribution >= 0.6 is 0 Å². The Bertz CT molecular complexity index is 810. The quantitative estimate of drug-likeness (QED) is 0.715. The summed E-state index contributed by atoms with van der Waals surface area (Å²) in [6, 6.07) is 17.8. The number of nitrogens with one attached hydrogen (secondary N) is 1. The average molecular weight is 335 g/mol. The first kappa shape index (κ1) is 16.9. The Kier molecular flexibility index (Phi) is 5.57. The lowest BCUT2D eigenvalue weighted by Crippen LogP contribution is -2.22. The predicted octanol–water partition coefficient (Wildman–Crippen LogP) is 3.68. The Morgan fingerprint density at radius 1 is 1.08 bits per heavy atom. The van der Waals surface area contributed by atoms with Crippen LogP contribution in [0.15, 0.2) is 59.1 Å². The van der Waals surface area contributed by atoms with E-state index in [-0.39, 0.29) is 5.91 Å². The van der Waals surface area contributed by atoms with Crippen molar-refractivity contribution >= 4 is 5.91 Å². The van der Waals surface area contributed by atoms with E-state index in [9.17, 15) is 4.79 Å². The summed E-state index contributed by atoms with van der Waals surface area (Å²) in [5.41, 5.74) is 3.21. The fraction of sp³-hybridized carbons (Fsp3) is 0.250. The molecule has 0 saturated carbocycles. The summed E-state index contributed by atoms with van der Waals surface area (Å²) in [5.74, 6) is 1.18. The zero-order chi connectivity index (χ0) is 17.5. The lowest BCUT2D eigenvalue weighted by atomic mass is 10.1. The van der Waals surface area contributed by atoms with E-state index in [4.69, 9.17) is 4.52 Å². The summed E-state index contributed by atoms with van der Waals surface area (Å²) in [6.45, 7) is 2.59. The van der Waals surface area contributed by atoms with Crippen LogP contribution in [0.25, 0.3) is 11.4 Å². The summed E-state index contributed by atoms with van der Waals surface area (Å²) >= 11 is 0. The monoisotopic (exact) mass is 335 g/mol. The van der Waals surface area contributed by atoms with Gasteiger partial charge in [0.2, 0.25) is 17.6 Å². The number of aromatic nitrogens is 2. The van der Waals surface area contributed by atoms with Gasteiger partial charge < -0.3 is 9.84 Å². The van der Waals surface area contributed by atoms with Gasteiger partial charge in [-0.25, -0.2) is 0 Å². The molecule has 0 aliphatic rings. The van der Waals surface area contributed by atoms with Crippen molar-refractivity contribution in [3.63, 3.8) is 0 Å². The molecular formula is C20H21N3O2. The predicted molar refractivity (Wildman–Crippen MR) is 95.7 cm³/mol. The van der Waals surface area contributed by atoms with E-state index >= 15 is 0 Å². The topological polar surface area (TPSA) is 68.0 Å². The highest BCUT2D eigenvalue weighted by molar-refractivity contribution is 5.75. The van der Waals surface area contributed by atoms with Crippen LogP contribution in [-0.2, 0) is 17.8 Å². The standard InChI is InChI=1S/C20H21N3O2/c1-15-10-12-17(13-11-15)20-22-19(25-23-20)9-5-8-18(24)21-14-16-6-3-2-4-7-16/h2-4,6-7,10-13H,5,8-9,14H2,1H3,(H,21,24). The summed E-state index contributed by atoms with van der Waals surface area (Å²) in [6.07, 6.45) is 1.71. The number of aryl methyl sites for hydroxylation is 2. The van der Waals surface area contributed by atoms with Crippen molar-refractivity contribution in [2.24, 2.45) is 0 Å². The molecule has 0 atom stereocenters. The van der Waals surface area contributed by atoms with Gasteiger partial charge in [0.25, 0.3) is 0 Å². The Hall–Kier alpha value is -2.95. The first-order valence-electron chi connectivity index (χ1n) is 8.41.